The minimum absolute atomic E-state index is 0.135. The molecule has 1 aromatic carbocycles. The summed E-state index contributed by atoms with van der Waals surface area (Å²) in [5.41, 5.74) is 1.93. The van der Waals surface area contributed by atoms with Crippen LogP contribution in [0.2, 0.25) is 0 Å². The molecule has 2 amide bonds. The van der Waals surface area contributed by atoms with Crippen molar-refractivity contribution < 1.29 is 14.0 Å². The van der Waals surface area contributed by atoms with E-state index in [1.54, 1.807) is 29.8 Å². The quantitative estimate of drug-likeness (QED) is 0.362. The van der Waals surface area contributed by atoms with Crippen molar-refractivity contribution in [2.75, 3.05) is 11.9 Å². The van der Waals surface area contributed by atoms with Crippen LogP contribution in [0, 0.1) is 17.1 Å². The van der Waals surface area contributed by atoms with Gasteiger partial charge in [-0.15, -0.1) is 0 Å². The highest BCUT2D eigenvalue weighted by atomic mass is 19.1. The number of nitrogens with zero attached hydrogens (tertiary/aromatic N) is 3. The molecular formula is C26H30FN5O3. The van der Waals surface area contributed by atoms with Crippen molar-refractivity contribution in [1.82, 2.24) is 9.88 Å². The monoisotopic (exact) mass is 479 g/mol. The number of benzene rings is 1. The van der Waals surface area contributed by atoms with Gasteiger partial charge in [0.15, 0.2) is 0 Å². The summed E-state index contributed by atoms with van der Waals surface area (Å²) in [6.07, 6.45) is 8.11. The van der Waals surface area contributed by atoms with E-state index in [4.69, 9.17) is 5.41 Å². The van der Waals surface area contributed by atoms with E-state index in [2.05, 4.69) is 10.3 Å². The van der Waals surface area contributed by atoms with Crippen molar-refractivity contribution >= 4 is 29.6 Å². The summed E-state index contributed by atoms with van der Waals surface area (Å²) in [6, 6.07) is 7.24. The lowest BCUT2D eigenvalue weighted by molar-refractivity contribution is -0.124. The zero-order chi connectivity index (χ0) is 24.9. The largest absolute Gasteiger partial charge is 0.338 e. The molecule has 0 saturated heterocycles. The van der Waals surface area contributed by atoms with Gasteiger partial charge in [0.1, 0.15) is 11.9 Å². The van der Waals surface area contributed by atoms with E-state index in [0.717, 1.165) is 18.4 Å². The van der Waals surface area contributed by atoms with Crippen LogP contribution in [0.1, 0.15) is 43.2 Å². The highest BCUT2D eigenvalue weighted by Crippen LogP contribution is 2.31. The molecular weight excluding hydrogens is 449 g/mol. The minimum Gasteiger partial charge on any atom is -0.338 e. The maximum Gasteiger partial charge on any atom is 0.289 e. The molecule has 4 rings (SSSR count). The van der Waals surface area contributed by atoms with Gasteiger partial charge in [-0.25, -0.2) is 9.38 Å². The van der Waals surface area contributed by atoms with Gasteiger partial charge in [0, 0.05) is 32.1 Å². The van der Waals surface area contributed by atoms with Crippen LogP contribution >= 0.6 is 0 Å². The number of hydrogen-bond donors (Lipinski definition) is 2. The molecule has 2 N–H and O–H groups in total. The van der Waals surface area contributed by atoms with Crippen LogP contribution < -0.4 is 15.8 Å². The third-order valence-electron chi connectivity index (χ3n) is 6.51. The predicted molar refractivity (Wildman–Crippen MR) is 133 cm³/mol. The van der Waals surface area contributed by atoms with Crippen LogP contribution in [0.15, 0.2) is 46.3 Å². The van der Waals surface area contributed by atoms with Crippen molar-refractivity contribution in [3.63, 3.8) is 0 Å². The average Bonchev–Trinajstić information content (AvgIpc) is 3.67. The second-order valence-corrected chi connectivity index (χ2v) is 9.22. The van der Waals surface area contributed by atoms with Crippen LogP contribution in [-0.2, 0) is 29.0 Å². The van der Waals surface area contributed by atoms with Crippen LogP contribution in [0.5, 0.6) is 0 Å². The van der Waals surface area contributed by atoms with Crippen LogP contribution in [0.4, 0.5) is 10.1 Å². The molecule has 1 saturated carbocycles. The topological polar surface area (TPSA) is 108 Å². The number of rotatable bonds is 7. The van der Waals surface area contributed by atoms with E-state index < -0.39 is 17.8 Å². The third kappa shape index (κ3) is 6.09. The minimum atomic E-state index is -0.816. The molecule has 2 aliphatic rings. The smallest absolute Gasteiger partial charge is 0.289 e. The average molecular weight is 480 g/mol. The van der Waals surface area contributed by atoms with Gasteiger partial charge in [0.25, 0.3) is 11.5 Å². The number of amides is 2. The number of unbranched alkanes of at least 4 members (excludes halogenated alkanes) is 1. The molecule has 35 heavy (non-hydrogen) atoms. The van der Waals surface area contributed by atoms with Gasteiger partial charge < -0.3 is 14.8 Å². The summed E-state index contributed by atoms with van der Waals surface area (Å²) in [6.45, 7) is 0.694. The lowest BCUT2D eigenvalue weighted by atomic mass is 10.1. The lowest BCUT2D eigenvalue weighted by Gasteiger charge is -2.22. The number of anilines is 1. The van der Waals surface area contributed by atoms with Crippen LogP contribution in [0.25, 0.3) is 0 Å². The van der Waals surface area contributed by atoms with Gasteiger partial charge in [0.2, 0.25) is 11.7 Å². The Morgan fingerprint density at radius 2 is 2.03 bits per heavy atom. The van der Waals surface area contributed by atoms with Crippen LogP contribution in [-0.4, -0.2) is 41.5 Å². The number of nitrogens with one attached hydrogen (secondary N) is 2. The number of aryl methyl sites for hydroxylation is 2. The lowest BCUT2D eigenvalue weighted by Crippen LogP contribution is -2.48. The number of amidine groups is 1. The third-order valence-corrected chi connectivity index (χ3v) is 6.51. The predicted octanol–water partition coefficient (Wildman–Crippen LogP) is 2.86. The first-order valence-electron chi connectivity index (χ1n) is 12.0. The molecule has 9 heteroatoms. The maximum atomic E-state index is 13.7. The van der Waals surface area contributed by atoms with Crippen molar-refractivity contribution in [1.29, 1.82) is 5.41 Å². The summed E-state index contributed by atoms with van der Waals surface area (Å²) in [4.78, 5) is 43.3. The number of fused-ring (bicyclic) bond motifs is 1. The number of carbonyl (C=O) groups excluding carboxylic acids is 2. The molecule has 184 valence electrons. The standard InChI is InChI=1S/C26H30FN5O3/c1-31-22-14-23(33)32(15-17-9-10-17)16-19(22)11-12-21(26(31)35)30-25(34)24(28)29-13-5-4-7-18-6-2-3-8-20(18)27/h2-3,6,8,13-14,16-17,21,28H,4-5,7,9-12,15H2,1H3,(H,30,34)/b28-24?,29-13+/t21-/m0/s1. The van der Waals surface area contributed by atoms with Gasteiger partial charge in [0.05, 0.1) is 5.69 Å². The second kappa shape index (κ2) is 10.8. The number of pyridine rings is 1. The molecule has 0 bridgehead atoms. The van der Waals surface area contributed by atoms with Crippen molar-refractivity contribution in [3.05, 3.63) is 63.8 Å². The van der Waals surface area contributed by atoms with E-state index in [1.165, 1.54) is 23.2 Å². The Balaban J connectivity index is 1.31. The number of aliphatic imine (C=N–C) groups is 1. The fraction of sp³-hybridized carbons (Fsp3) is 0.423. The Bertz CT molecular complexity index is 1220. The molecule has 1 aromatic heterocycles. The molecule has 0 unspecified atom stereocenters. The summed E-state index contributed by atoms with van der Waals surface area (Å²) >= 11 is 0. The zero-order valence-corrected chi connectivity index (χ0v) is 19.8. The van der Waals surface area contributed by atoms with E-state index >= 15 is 0 Å². The molecule has 1 aliphatic carbocycles. The van der Waals surface area contributed by atoms with Crippen molar-refractivity contribution in [2.45, 2.75) is 57.5 Å². The molecule has 1 aliphatic heterocycles. The highest BCUT2D eigenvalue weighted by molar-refractivity contribution is 6.38. The summed E-state index contributed by atoms with van der Waals surface area (Å²) in [5.74, 6) is -1.26. The number of hydrogen-bond acceptors (Lipinski definition) is 4. The molecule has 1 atom stereocenters. The molecule has 1 fully saturated rings. The fourth-order valence-electron chi connectivity index (χ4n) is 4.27. The van der Waals surface area contributed by atoms with Crippen molar-refractivity contribution in [2.24, 2.45) is 10.9 Å². The summed E-state index contributed by atoms with van der Waals surface area (Å²) < 4.78 is 15.4. The molecule has 8 nitrogen and oxygen atoms in total. The van der Waals surface area contributed by atoms with E-state index in [9.17, 15) is 18.8 Å². The Morgan fingerprint density at radius 1 is 1.26 bits per heavy atom. The Morgan fingerprint density at radius 3 is 2.77 bits per heavy atom. The molecule has 0 spiro atoms. The van der Waals surface area contributed by atoms with Gasteiger partial charge >= 0.3 is 0 Å². The van der Waals surface area contributed by atoms with Crippen LogP contribution in [0.3, 0.4) is 0 Å². The number of likely N-dealkylation sites (N-methyl/N-ethyl adjacent to an activating group) is 1. The Kier molecular flexibility index (Phi) is 7.53. The molecule has 0 radical (unpaired) electrons. The Labute approximate surface area is 203 Å². The molecule has 2 aromatic rings. The van der Waals surface area contributed by atoms with E-state index in [1.807, 2.05) is 6.20 Å². The normalized spacial score (nSPS) is 17.8. The second-order valence-electron chi connectivity index (χ2n) is 9.22. The van der Waals surface area contributed by atoms with Gasteiger partial charge in [-0.1, -0.05) is 18.2 Å². The van der Waals surface area contributed by atoms with Gasteiger partial charge in [-0.3, -0.25) is 19.8 Å². The van der Waals surface area contributed by atoms with E-state index in [-0.39, 0.29) is 17.3 Å². The highest BCUT2D eigenvalue weighted by Gasteiger charge is 2.31. The summed E-state index contributed by atoms with van der Waals surface area (Å²) in [7, 11) is 1.59. The van der Waals surface area contributed by atoms with Gasteiger partial charge in [-0.2, -0.15) is 0 Å². The van der Waals surface area contributed by atoms with Gasteiger partial charge in [-0.05, 0) is 68.1 Å². The fourth-order valence-corrected chi connectivity index (χ4v) is 4.27. The van der Waals surface area contributed by atoms with E-state index in [0.29, 0.717) is 55.8 Å². The first-order valence-corrected chi connectivity index (χ1v) is 12.0. The SMILES string of the molecule is CN1C(=O)[C@@H](NC(=O)C(=N)/N=C/CCCc2ccccc2F)CCc2cn(CC3CC3)c(=O)cc21. The number of aromatic nitrogens is 1. The number of carbonyl (C=O) groups is 2. The van der Waals surface area contributed by atoms with Crippen molar-refractivity contribution in [3.8, 4) is 0 Å². The first kappa shape index (κ1) is 24.5. The molecule has 2 heterocycles. The Hall–Kier alpha value is -3.62. The zero-order valence-electron chi connectivity index (χ0n) is 19.8. The maximum absolute atomic E-state index is 13.7. The first-order chi connectivity index (χ1) is 16.8. The summed E-state index contributed by atoms with van der Waals surface area (Å²) in [5, 5.41) is 10.6. The number of halogens is 1.